The normalized spacial score (nSPS) is 21.2. The molecule has 0 atom stereocenters. The van der Waals surface area contributed by atoms with E-state index in [1.54, 1.807) is 0 Å². The Labute approximate surface area is 145 Å². The second-order valence-electron chi connectivity index (χ2n) is 7.94. The fraction of sp³-hybridized carbons (Fsp3) is 0.667. The third-order valence-electron chi connectivity index (χ3n) is 5.73. The summed E-state index contributed by atoms with van der Waals surface area (Å²) in [6.45, 7) is 0. The van der Waals surface area contributed by atoms with Gasteiger partial charge in [0, 0.05) is 12.5 Å². The maximum atomic E-state index is 12.3. The number of aryl methyl sites for hydroxylation is 1. The number of amides is 1. The summed E-state index contributed by atoms with van der Waals surface area (Å²) < 4.78 is 6.07. The molecule has 4 rings (SSSR count). The van der Waals surface area contributed by atoms with Crippen LogP contribution in [0.3, 0.4) is 0 Å². The van der Waals surface area contributed by atoms with Gasteiger partial charge in [0.25, 0.3) is 0 Å². The van der Waals surface area contributed by atoms with Gasteiger partial charge < -0.3 is 10.1 Å². The van der Waals surface area contributed by atoms with Crippen molar-refractivity contribution >= 4 is 5.91 Å². The SMILES string of the molecule is O=C(CCc1cccc(OC2CCCC2)c1)NC(C1CC1)C1CC1. The molecule has 0 unspecified atom stereocenters. The lowest BCUT2D eigenvalue weighted by atomic mass is 10.1. The maximum Gasteiger partial charge on any atom is 0.220 e. The van der Waals surface area contributed by atoms with Gasteiger partial charge in [-0.2, -0.15) is 0 Å². The van der Waals surface area contributed by atoms with Crippen LogP contribution in [0.25, 0.3) is 0 Å². The average Bonchev–Trinajstić information content (AvgIpc) is 3.51. The summed E-state index contributed by atoms with van der Waals surface area (Å²) in [4.78, 5) is 12.3. The molecule has 0 bridgehead atoms. The van der Waals surface area contributed by atoms with E-state index in [0.717, 1.165) is 24.0 Å². The molecule has 3 nitrogen and oxygen atoms in total. The maximum absolute atomic E-state index is 12.3. The smallest absolute Gasteiger partial charge is 0.220 e. The molecule has 0 saturated heterocycles. The highest BCUT2D eigenvalue weighted by molar-refractivity contribution is 5.76. The molecule has 0 spiro atoms. The Kier molecular flexibility index (Phi) is 4.77. The van der Waals surface area contributed by atoms with Crippen LogP contribution in [-0.4, -0.2) is 18.1 Å². The van der Waals surface area contributed by atoms with Crippen molar-refractivity contribution in [3.8, 4) is 5.75 Å². The molecule has 3 fully saturated rings. The van der Waals surface area contributed by atoms with Crippen LogP contribution in [0.4, 0.5) is 0 Å². The van der Waals surface area contributed by atoms with Gasteiger partial charge in [0.1, 0.15) is 5.75 Å². The summed E-state index contributed by atoms with van der Waals surface area (Å²) in [6.07, 6.45) is 11.9. The number of benzene rings is 1. The van der Waals surface area contributed by atoms with Gasteiger partial charge in [-0.3, -0.25) is 4.79 Å². The molecule has 1 amide bonds. The van der Waals surface area contributed by atoms with Gasteiger partial charge >= 0.3 is 0 Å². The van der Waals surface area contributed by atoms with Gasteiger partial charge in [0.2, 0.25) is 5.91 Å². The number of ether oxygens (including phenoxy) is 1. The van der Waals surface area contributed by atoms with Gasteiger partial charge in [-0.25, -0.2) is 0 Å². The molecular formula is C21H29NO2. The summed E-state index contributed by atoms with van der Waals surface area (Å²) >= 11 is 0. The second-order valence-corrected chi connectivity index (χ2v) is 7.94. The predicted octanol–water partition coefficient (Wildman–Crippen LogP) is 4.25. The number of hydrogen-bond acceptors (Lipinski definition) is 2. The van der Waals surface area contributed by atoms with Crippen LogP contribution >= 0.6 is 0 Å². The van der Waals surface area contributed by atoms with Crippen LogP contribution in [0.15, 0.2) is 24.3 Å². The Morgan fingerprint density at radius 1 is 1.08 bits per heavy atom. The molecule has 0 aliphatic heterocycles. The van der Waals surface area contributed by atoms with Crippen molar-refractivity contribution in [2.24, 2.45) is 11.8 Å². The fourth-order valence-corrected chi connectivity index (χ4v) is 4.02. The topological polar surface area (TPSA) is 38.3 Å². The van der Waals surface area contributed by atoms with Crippen molar-refractivity contribution in [2.75, 3.05) is 0 Å². The van der Waals surface area contributed by atoms with E-state index in [1.807, 2.05) is 6.07 Å². The molecule has 0 aromatic heterocycles. The number of hydrogen-bond donors (Lipinski definition) is 1. The first-order chi connectivity index (χ1) is 11.8. The number of nitrogens with one attached hydrogen (secondary N) is 1. The van der Waals surface area contributed by atoms with Gasteiger partial charge in [0.05, 0.1) is 6.10 Å². The van der Waals surface area contributed by atoms with E-state index < -0.39 is 0 Å². The highest BCUT2D eigenvalue weighted by Gasteiger charge is 2.42. The molecule has 0 radical (unpaired) electrons. The van der Waals surface area contributed by atoms with Crippen molar-refractivity contribution < 1.29 is 9.53 Å². The van der Waals surface area contributed by atoms with E-state index in [9.17, 15) is 4.79 Å². The summed E-state index contributed by atoms with van der Waals surface area (Å²) in [6, 6.07) is 8.78. The molecule has 24 heavy (non-hydrogen) atoms. The van der Waals surface area contributed by atoms with Crippen LogP contribution < -0.4 is 10.1 Å². The third kappa shape index (κ3) is 4.31. The van der Waals surface area contributed by atoms with Crippen LogP contribution in [-0.2, 0) is 11.2 Å². The molecule has 130 valence electrons. The standard InChI is InChI=1S/C21H29NO2/c23-20(22-21(16-9-10-16)17-11-12-17)13-8-15-4-3-7-19(14-15)24-18-5-1-2-6-18/h3-4,7,14,16-18,21H,1-2,5-6,8-13H2,(H,22,23). The molecule has 1 aromatic rings. The van der Waals surface area contributed by atoms with Crippen molar-refractivity contribution in [1.29, 1.82) is 0 Å². The van der Waals surface area contributed by atoms with Crippen molar-refractivity contribution in [3.05, 3.63) is 29.8 Å². The van der Waals surface area contributed by atoms with Crippen LogP contribution in [0.1, 0.15) is 63.4 Å². The minimum Gasteiger partial charge on any atom is -0.490 e. The zero-order valence-corrected chi connectivity index (χ0v) is 14.5. The van der Waals surface area contributed by atoms with Gasteiger partial charge in [0.15, 0.2) is 0 Å². The minimum absolute atomic E-state index is 0.223. The van der Waals surface area contributed by atoms with Crippen molar-refractivity contribution in [2.45, 2.75) is 76.4 Å². The average molecular weight is 327 g/mol. The molecule has 1 aromatic carbocycles. The minimum atomic E-state index is 0.223. The lowest BCUT2D eigenvalue weighted by Gasteiger charge is -2.17. The van der Waals surface area contributed by atoms with E-state index in [-0.39, 0.29) is 5.91 Å². The predicted molar refractivity (Wildman–Crippen MR) is 95.0 cm³/mol. The number of carbonyl (C=O) groups is 1. The van der Waals surface area contributed by atoms with Gasteiger partial charge in [-0.1, -0.05) is 12.1 Å². The summed E-state index contributed by atoms with van der Waals surface area (Å²) in [7, 11) is 0. The Morgan fingerprint density at radius 2 is 1.79 bits per heavy atom. The van der Waals surface area contributed by atoms with Crippen molar-refractivity contribution in [1.82, 2.24) is 5.32 Å². The van der Waals surface area contributed by atoms with Crippen LogP contribution in [0, 0.1) is 11.8 Å². The first-order valence-electron chi connectivity index (χ1n) is 9.83. The zero-order chi connectivity index (χ0) is 16.4. The molecule has 3 heteroatoms. The third-order valence-corrected chi connectivity index (χ3v) is 5.73. The van der Waals surface area contributed by atoms with Gasteiger partial charge in [-0.15, -0.1) is 0 Å². The van der Waals surface area contributed by atoms with E-state index in [2.05, 4.69) is 23.5 Å². The molecule has 3 aliphatic carbocycles. The van der Waals surface area contributed by atoms with Crippen molar-refractivity contribution in [3.63, 3.8) is 0 Å². The molecular weight excluding hydrogens is 298 g/mol. The summed E-state index contributed by atoms with van der Waals surface area (Å²) in [5.74, 6) is 2.73. The van der Waals surface area contributed by atoms with E-state index in [4.69, 9.17) is 4.74 Å². The molecule has 0 heterocycles. The Hall–Kier alpha value is -1.51. The number of carbonyl (C=O) groups excluding carboxylic acids is 1. The molecule has 3 aliphatic rings. The Morgan fingerprint density at radius 3 is 2.46 bits per heavy atom. The Bertz CT molecular complexity index is 559. The lowest BCUT2D eigenvalue weighted by molar-refractivity contribution is -0.122. The first kappa shape index (κ1) is 16.0. The van der Waals surface area contributed by atoms with E-state index in [1.165, 1.54) is 56.9 Å². The highest BCUT2D eigenvalue weighted by atomic mass is 16.5. The monoisotopic (exact) mass is 327 g/mol. The first-order valence-corrected chi connectivity index (χ1v) is 9.83. The number of rotatable bonds is 8. The van der Waals surface area contributed by atoms with Crippen LogP contribution in [0.2, 0.25) is 0 Å². The van der Waals surface area contributed by atoms with E-state index >= 15 is 0 Å². The zero-order valence-electron chi connectivity index (χ0n) is 14.5. The highest BCUT2D eigenvalue weighted by Crippen LogP contribution is 2.44. The van der Waals surface area contributed by atoms with Gasteiger partial charge in [-0.05, 0) is 87.3 Å². The molecule has 1 N–H and O–H groups in total. The largest absolute Gasteiger partial charge is 0.490 e. The second kappa shape index (κ2) is 7.16. The Balaban J connectivity index is 1.26. The molecule has 3 saturated carbocycles. The van der Waals surface area contributed by atoms with E-state index in [0.29, 0.717) is 18.6 Å². The lowest BCUT2D eigenvalue weighted by Crippen LogP contribution is -2.38. The fourth-order valence-electron chi connectivity index (χ4n) is 4.02. The summed E-state index contributed by atoms with van der Waals surface area (Å²) in [5, 5.41) is 3.31. The quantitative estimate of drug-likeness (QED) is 0.775. The summed E-state index contributed by atoms with van der Waals surface area (Å²) in [5.41, 5.74) is 1.20. The van der Waals surface area contributed by atoms with Crippen LogP contribution in [0.5, 0.6) is 5.75 Å².